The molecule has 4 nitrogen and oxygen atoms in total. The zero-order chi connectivity index (χ0) is 9.10. The molecule has 13 heavy (non-hydrogen) atoms. The van der Waals surface area contributed by atoms with Gasteiger partial charge in [0.25, 0.3) is 0 Å². The van der Waals surface area contributed by atoms with Crippen LogP contribution in [0.5, 0.6) is 0 Å². The van der Waals surface area contributed by atoms with Crippen LogP contribution in [0.15, 0.2) is 12.5 Å². The number of aromatic nitrogens is 2. The Morgan fingerprint density at radius 1 is 1.62 bits per heavy atom. The molecule has 0 aromatic carbocycles. The SMILES string of the molecule is Cc1cncnc1C1COCCN1. The lowest BCUT2D eigenvalue weighted by Crippen LogP contribution is -2.35. The van der Waals surface area contributed by atoms with E-state index in [0.29, 0.717) is 6.61 Å². The van der Waals surface area contributed by atoms with Crippen molar-refractivity contribution in [2.24, 2.45) is 0 Å². The first-order valence-electron chi connectivity index (χ1n) is 4.45. The van der Waals surface area contributed by atoms with E-state index in [1.807, 2.05) is 13.1 Å². The molecule has 0 aliphatic carbocycles. The lowest BCUT2D eigenvalue weighted by molar-refractivity contribution is 0.0753. The molecule has 0 saturated carbocycles. The monoisotopic (exact) mass is 179 g/mol. The van der Waals surface area contributed by atoms with Crippen molar-refractivity contribution in [2.75, 3.05) is 19.8 Å². The lowest BCUT2D eigenvalue weighted by Gasteiger charge is -2.24. The highest BCUT2D eigenvalue weighted by Gasteiger charge is 2.17. The molecule has 1 aliphatic rings. The summed E-state index contributed by atoms with van der Waals surface area (Å²) in [5, 5.41) is 3.36. The van der Waals surface area contributed by atoms with Crippen molar-refractivity contribution in [1.29, 1.82) is 0 Å². The maximum atomic E-state index is 5.37. The number of hydrogen-bond donors (Lipinski definition) is 1. The van der Waals surface area contributed by atoms with Gasteiger partial charge in [-0.1, -0.05) is 0 Å². The molecule has 70 valence electrons. The molecular weight excluding hydrogens is 166 g/mol. The van der Waals surface area contributed by atoms with E-state index in [-0.39, 0.29) is 6.04 Å². The second-order valence-corrected chi connectivity index (χ2v) is 3.17. The third kappa shape index (κ3) is 1.84. The molecule has 0 bridgehead atoms. The normalized spacial score (nSPS) is 23.0. The first-order chi connectivity index (χ1) is 6.38. The number of rotatable bonds is 1. The Morgan fingerprint density at radius 3 is 3.23 bits per heavy atom. The Hall–Kier alpha value is -1.00. The van der Waals surface area contributed by atoms with Crippen molar-refractivity contribution < 1.29 is 4.74 Å². The predicted octanol–water partition coefficient (Wildman–Crippen LogP) is 0.446. The third-order valence-electron chi connectivity index (χ3n) is 2.19. The summed E-state index contributed by atoms with van der Waals surface area (Å²) in [5.74, 6) is 0. The third-order valence-corrected chi connectivity index (χ3v) is 2.19. The van der Waals surface area contributed by atoms with Crippen LogP contribution in [-0.4, -0.2) is 29.7 Å². The fourth-order valence-electron chi connectivity index (χ4n) is 1.51. The van der Waals surface area contributed by atoms with Gasteiger partial charge in [0.1, 0.15) is 6.33 Å². The number of hydrogen-bond acceptors (Lipinski definition) is 4. The van der Waals surface area contributed by atoms with Gasteiger partial charge in [0, 0.05) is 12.7 Å². The smallest absolute Gasteiger partial charge is 0.115 e. The minimum Gasteiger partial charge on any atom is -0.378 e. The van der Waals surface area contributed by atoms with Gasteiger partial charge >= 0.3 is 0 Å². The average molecular weight is 179 g/mol. The van der Waals surface area contributed by atoms with Gasteiger partial charge in [0.05, 0.1) is 24.9 Å². The van der Waals surface area contributed by atoms with Gasteiger partial charge in [-0.25, -0.2) is 9.97 Å². The number of morpholine rings is 1. The van der Waals surface area contributed by atoms with E-state index in [2.05, 4.69) is 15.3 Å². The molecular formula is C9H13N3O. The van der Waals surface area contributed by atoms with Gasteiger partial charge in [-0.15, -0.1) is 0 Å². The number of nitrogens with zero attached hydrogens (tertiary/aromatic N) is 2. The fraction of sp³-hybridized carbons (Fsp3) is 0.556. The predicted molar refractivity (Wildman–Crippen MR) is 48.3 cm³/mol. The van der Waals surface area contributed by atoms with E-state index < -0.39 is 0 Å². The molecule has 1 fully saturated rings. The molecule has 2 heterocycles. The molecule has 1 saturated heterocycles. The first kappa shape index (κ1) is 8.59. The van der Waals surface area contributed by atoms with Crippen molar-refractivity contribution in [3.8, 4) is 0 Å². The molecule has 1 aromatic heterocycles. The Labute approximate surface area is 77.4 Å². The van der Waals surface area contributed by atoms with E-state index in [4.69, 9.17) is 4.74 Å². The molecule has 1 unspecified atom stereocenters. The summed E-state index contributed by atoms with van der Waals surface area (Å²) in [6.45, 7) is 4.41. The highest BCUT2D eigenvalue weighted by atomic mass is 16.5. The van der Waals surface area contributed by atoms with Gasteiger partial charge in [-0.2, -0.15) is 0 Å². The van der Waals surface area contributed by atoms with Gasteiger partial charge in [0.15, 0.2) is 0 Å². The molecule has 1 N–H and O–H groups in total. The summed E-state index contributed by atoms with van der Waals surface area (Å²) in [5.41, 5.74) is 2.17. The minimum atomic E-state index is 0.233. The summed E-state index contributed by atoms with van der Waals surface area (Å²) in [6, 6.07) is 0.233. The summed E-state index contributed by atoms with van der Waals surface area (Å²) in [4.78, 5) is 8.21. The molecule has 0 amide bonds. The summed E-state index contributed by atoms with van der Waals surface area (Å²) < 4.78 is 5.37. The van der Waals surface area contributed by atoms with Crippen LogP contribution < -0.4 is 5.32 Å². The maximum absolute atomic E-state index is 5.37. The van der Waals surface area contributed by atoms with Crippen molar-refractivity contribution >= 4 is 0 Å². The van der Waals surface area contributed by atoms with Crippen LogP contribution in [0.3, 0.4) is 0 Å². The second-order valence-electron chi connectivity index (χ2n) is 3.17. The van der Waals surface area contributed by atoms with Crippen molar-refractivity contribution in [2.45, 2.75) is 13.0 Å². The van der Waals surface area contributed by atoms with Crippen LogP contribution in [0.25, 0.3) is 0 Å². The molecule has 0 radical (unpaired) electrons. The summed E-state index contributed by atoms with van der Waals surface area (Å²) in [6.07, 6.45) is 3.41. The van der Waals surface area contributed by atoms with E-state index in [9.17, 15) is 0 Å². The van der Waals surface area contributed by atoms with Gasteiger partial charge in [-0.05, 0) is 12.5 Å². The number of ether oxygens (including phenoxy) is 1. The Bertz CT molecular complexity index is 284. The highest BCUT2D eigenvalue weighted by Crippen LogP contribution is 2.15. The average Bonchev–Trinajstić information content (AvgIpc) is 2.20. The Balaban J connectivity index is 2.18. The van der Waals surface area contributed by atoms with Crippen molar-refractivity contribution in [3.63, 3.8) is 0 Å². The lowest BCUT2D eigenvalue weighted by atomic mass is 10.1. The van der Waals surface area contributed by atoms with Crippen LogP contribution in [0, 0.1) is 6.92 Å². The van der Waals surface area contributed by atoms with Crippen molar-refractivity contribution in [3.05, 3.63) is 23.8 Å². The zero-order valence-corrected chi connectivity index (χ0v) is 7.66. The largest absolute Gasteiger partial charge is 0.378 e. The molecule has 4 heteroatoms. The molecule has 0 spiro atoms. The fourth-order valence-corrected chi connectivity index (χ4v) is 1.51. The van der Waals surface area contributed by atoms with E-state index in [1.54, 1.807) is 6.33 Å². The van der Waals surface area contributed by atoms with Crippen LogP contribution >= 0.6 is 0 Å². The topological polar surface area (TPSA) is 47.0 Å². The van der Waals surface area contributed by atoms with Crippen LogP contribution in [0.1, 0.15) is 17.3 Å². The molecule has 2 rings (SSSR count). The molecule has 1 aliphatic heterocycles. The minimum absolute atomic E-state index is 0.233. The summed E-state index contributed by atoms with van der Waals surface area (Å²) in [7, 11) is 0. The van der Waals surface area contributed by atoms with E-state index in [1.165, 1.54) is 0 Å². The maximum Gasteiger partial charge on any atom is 0.115 e. The zero-order valence-electron chi connectivity index (χ0n) is 7.66. The Kier molecular flexibility index (Phi) is 2.52. The van der Waals surface area contributed by atoms with E-state index in [0.717, 1.165) is 24.4 Å². The summed E-state index contributed by atoms with van der Waals surface area (Å²) >= 11 is 0. The number of aryl methyl sites for hydroxylation is 1. The Morgan fingerprint density at radius 2 is 2.54 bits per heavy atom. The van der Waals surface area contributed by atoms with Gasteiger partial charge in [-0.3, -0.25) is 0 Å². The first-order valence-corrected chi connectivity index (χ1v) is 4.45. The van der Waals surface area contributed by atoms with Crippen LogP contribution in [0.4, 0.5) is 0 Å². The highest BCUT2D eigenvalue weighted by molar-refractivity contribution is 5.18. The van der Waals surface area contributed by atoms with Crippen LogP contribution in [0.2, 0.25) is 0 Å². The van der Waals surface area contributed by atoms with Crippen LogP contribution in [-0.2, 0) is 4.74 Å². The second kappa shape index (κ2) is 3.81. The van der Waals surface area contributed by atoms with E-state index >= 15 is 0 Å². The van der Waals surface area contributed by atoms with Gasteiger partial charge in [0.2, 0.25) is 0 Å². The quantitative estimate of drug-likeness (QED) is 0.679. The van der Waals surface area contributed by atoms with Gasteiger partial charge < -0.3 is 10.1 Å². The molecule has 1 atom stereocenters. The number of nitrogens with one attached hydrogen (secondary N) is 1. The molecule has 1 aromatic rings. The van der Waals surface area contributed by atoms with Crippen molar-refractivity contribution in [1.82, 2.24) is 15.3 Å². The standard InChI is InChI=1S/C9H13N3O/c1-7-4-10-6-12-9(7)8-5-13-3-2-11-8/h4,6,8,11H,2-3,5H2,1H3.